The smallest absolute Gasteiger partial charge is 0.229 e. The van der Waals surface area contributed by atoms with E-state index in [-0.39, 0.29) is 5.41 Å². The lowest BCUT2D eigenvalue weighted by atomic mass is 9.70. The van der Waals surface area contributed by atoms with Gasteiger partial charge < -0.3 is 4.52 Å². The first-order chi connectivity index (χ1) is 8.68. The molecule has 0 radical (unpaired) electrons. The van der Waals surface area contributed by atoms with E-state index in [2.05, 4.69) is 51.7 Å². The molecule has 19 heavy (non-hydrogen) atoms. The van der Waals surface area contributed by atoms with Gasteiger partial charge >= 0.3 is 0 Å². The van der Waals surface area contributed by atoms with Gasteiger partial charge in [0.1, 0.15) is 0 Å². The zero-order valence-corrected chi connectivity index (χ0v) is 13.3. The molecule has 0 amide bonds. The lowest BCUT2D eigenvalue weighted by Gasteiger charge is -2.35. The summed E-state index contributed by atoms with van der Waals surface area (Å²) in [7, 11) is 0. The maximum absolute atomic E-state index is 5.49. The monoisotopic (exact) mass is 264 g/mol. The highest BCUT2D eigenvalue weighted by Gasteiger charge is 2.33. The van der Waals surface area contributed by atoms with Crippen molar-refractivity contribution in [3.8, 4) is 0 Å². The van der Waals surface area contributed by atoms with Crippen molar-refractivity contribution in [2.24, 2.45) is 11.3 Å². The summed E-state index contributed by atoms with van der Waals surface area (Å²) in [6, 6.07) is 0. The average Bonchev–Trinajstić information content (AvgIpc) is 2.77. The fourth-order valence-corrected chi connectivity index (χ4v) is 2.91. The van der Waals surface area contributed by atoms with Crippen LogP contribution in [0.5, 0.6) is 0 Å². The van der Waals surface area contributed by atoms with Gasteiger partial charge in [-0.05, 0) is 37.0 Å². The Morgan fingerprint density at radius 1 is 0.947 bits per heavy atom. The van der Waals surface area contributed by atoms with Crippen LogP contribution < -0.4 is 0 Å². The molecule has 3 heteroatoms. The van der Waals surface area contributed by atoms with Crippen LogP contribution in [0.3, 0.4) is 0 Å². The summed E-state index contributed by atoms with van der Waals surface area (Å²) in [6.07, 6.45) is 4.93. The van der Waals surface area contributed by atoms with Crippen molar-refractivity contribution in [2.45, 2.75) is 78.6 Å². The molecule has 0 aliphatic heterocycles. The molecule has 1 aromatic rings. The molecule has 0 aromatic carbocycles. The number of nitrogens with zero attached hydrogens (tertiary/aromatic N) is 2. The van der Waals surface area contributed by atoms with Gasteiger partial charge in [0, 0.05) is 11.3 Å². The first-order valence-electron chi connectivity index (χ1n) is 7.52. The molecule has 1 aliphatic rings. The van der Waals surface area contributed by atoms with Gasteiger partial charge in [-0.25, -0.2) is 0 Å². The van der Waals surface area contributed by atoms with Gasteiger partial charge in [0.25, 0.3) is 0 Å². The molecule has 3 nitrogen and oxygen atoms in total. The minimum atomic E-state index is -0.0235. The van der Waals surface area contributed by atoms with E-state index >= 15 is 0 Å². The Labute approximate surface area is 117 Å². The van der Waals surface area contributed by atoms with Crippen molar-refractivity contribution < 1.29 is 4.52 Å². The predicted molar refractivity (Wildman–Crippen MR) is 77.2 cm³/mol. The maximum Gasteiger partial charge on any atom is 0.229 e. The minimum absolute atomic E-state index is 0.0235. The highest BCUT2D eigenvalue weighted by Crippen LogP contribution is 2.42. The van der Waals surface area contributed by atoms with Gasteiger partial charge in [0.15, 0.2) is 5.82 Å². The van der Waals surface area contributed by atoms with E-state index in [0.717, 1.165) is 17.6 Å². The van der Waals surface area contributed by atoms with Crippen LogP contribution in [-0.2, 0) is 5.41 Å². The number of aromatic nitrogens is 2. The van der Waals surface area contributed by atoms with E-state index in [4.69, 9.17) is 4.52 Å². The normalized spacial score (nSPS) is 25.6. The minimum Gasteiger partial charge on any atom is -0.339 e. The van der Waals surface area contributed by atoms with Crippen molar-refractivity contribution in [2.75, 3.05) is 0 Å². The largest absolute Gasteiger partial charge is 0.339 e. The molecule has 0 unspecified atom stereocenters. The molecule has 2 rings (SSSR count). The highest BCUT2D eigenvalue weighted by molar-refractivity contribution is 5.03. The molecule has 1 aliphatic carbocycles. The summed E-state index contributed by atoms with van der Waals surface area (Å²) in [4.78, 5) is 4.61. The second-order valence-corrected chi connectivity index (χ2v) is 8.12. The van der Waals surface area contributed by atoms with Crippen LogP contribution in [-0.4, -0.2) is 10.1 Å². The SMILES string of the molecule is CC(C)(C)c1noc([C@H]2CC[C@H](C(C)(C)C)CC2)n1. The summed E-state index contributed by atoms with van der Waals surface area (Å²) in [6.45, 7) is 13.4. The standard InChI is InChI=1S/C16H28N2O/c1-15(2,3)12-9-7-11(8-10-12)13-17-14(18-19-13)16(4,5)6/h11-12H,7-10H2,1-6H3/t11-,12-. The topological polar surface area (TPSA) is 38.9 Å². The first-order valence-corrected chi connectivity index (χ1v) is 7.52. The lowest BCUT2D eigenvalue weighted by molar-refractivity contribution is 0.159. The summed E-state index contributed by atoms with van der Waals surface area (Å²) in [5.74, 6) is 2.99. The zero-order chi connectivity index (χ0) is 14.3. The van der Waals surface area contributed by atoms with E-state index in [1.54, 1.807) is 0 Å². The molecule has 1 saturated carbocycles. The highest BCUT2D eigenvalue weighted by atomic mass is 16.5. The fourth-order valence-electron chi connectivity index (χ4n) is 2.91. The van der Waals surface area contributed by atoms with Crippen LogP contribution in [0, 0.1) is 11.3 Å². The molecule has 0 bridgehead atoms. The maximum atomic E-state index is 5.49. The van der Waals surface area contributed by atoms with Crippen LogP contribution in [0.4, 0.5) is 0 Å². The molecule has 0 saturated heterocycles. The van der Waals surface area contributed by atoms with Crippen LogP contribution >= 0.6 is 0 Å². The number of hydrogen-bond acceptors (Lipinski definition) is 3. The van der Waals surface area contributed by atoms with E-state index in [0.29, 0.717) is 11.3 Å². The number of rotatable bonds is 1. The Morgan fingerprint density at radius 3 is 1.95 bits per heavy atom. The quantitative estimate of drug-likeness (QED) is 0.738. The van der Waals surface area contributed by atoms with Gasteiger partial charge in [-0.1, -0.05) is 46.7 Å². The Bertz CT molecular complexity index is 415. The molecule has 0 N–H and O–H groups in total. The van der Waals surface area contributed by atoms with Crippen molar-refractivity contribution in [3.63, 3.8) is 0 Å². The summed E-state index contributed by atoms with van der Waals surface area (Å²) < 4.78 is 5.49. The van der Waals surface area contributed by atoms with E-state index in [9.17, 15) is 0 Å². The average molecular weight is 264 g/mol. The van der Waals surface area contributed by atoms with Gasteiger partial charge in [-0.3, -0.25) is 0 Å². The first kappa shape index (κ1) is 14.5. The Kier molecular flexibility index (Phi) is 3.76. The van der Waals surface area contributed by atoms with E-state index in [1.165, 1.54) is 25.7 Å². The van der Waals surface area contributed by atoms with Crippen molar-refractivity contribution in [3.05, 3.63) is 11.7 Å². The van der Waals surface area contributed by atoms with Gasteiger partial charge in [0.05, 0.1) is 0 Å². The fraction of sp³-hybridized carbons (Fsp3) is 0.875. The molecule has 1 aromatic heterocycles. The van der Waals surface area contributed by atoms with Crippen LogP contribution in [0.2, 0.25) is 0 Å². The molecular formula is C16H28N2O. The lowest BCUT2D eigenvalue weighted by Crippen LogP contribution is -2.25. The molecule has 108 valence electrons. The molecule has 0 spiro atoms. The zero-order valence-electron chi connectivity index (χ0n) is 13.3. The molecule has 1 fully saturated rings. The Morgan fingerprint density at radius 2 is 1.53 bits per heavy atom. The summed E-state index contributed by atoms with van der Waals surface area (Å²) >= 11 is 0. The van der Waals surface area contributed by atoms with Crippen molar-refractivity contribution >= 4 is 0 Å². The summed E-state index contributed by atoms with van der Waals surface area (Å²) in [5, 5.41) is 4.14. The van der Waals surface area contributed by atoms with Gasteiger partial charge in [-0.15, -0.1) is 0 Å². The third kappa shape index (κ3) is 3.37. The second-order valence-electron chi connectivity index (χ2n) is 8.12. The van der Waals surface area contributed by atoms with Crippen molar-refractivity contribution in [1.82, 2.24) is 10.1 Å². The molecular weight excluding hydrogens is 236 g/mol. The molecule has 0 atom stereocenters. The van der Waals surface area contributed by atoms with E-state index in [1.807, 2.05) is 0 Å². The summed E-state index contributed by atoms with van der Waals surface area (Å²) in [5.41, 5.74) is 0.404. The second kappa shape index (κ2) is 4.92. The number of hydrogen-bond donors (Lipinski definition) is 0. The van der Waals surface area contributed by atoms with Gasteiger partial charge in [-0.2, -0.15) is 4.98 Å². The van der Waals surface area contributed by atoms with Crippen LogP contribution in [0.15, 0.2) is 4.52 Å². The third-order valence-corrected chi connectivity index (χ3v) is 4.41. The molecule has 1 heterocycles. The van der Waals surface area contributed by atoms with E-state index < -0.39 is 0 Å². The van der Waals surface area contributed by atoms with Crippen molar-refractivity contribution in [1.29, 1.82) is 0 Å². The van der Waals surface area contributed by atoms with Crippen LogP contribution in [0.25, 0.3) is 0 Å². The Hall–Kier alpha value is -0.860. The predicted octanol–water partition coefficient (Wildman–Crippen LogP) is 4.69. The van der Waals surface area contributed by atoms with Gasteiger partial charge in [0.2, 0.25) is 5.89 Å². The third-order valence-electron chi connectivity index (χ3n) is 4.41. The van der Waals surface area contributed by atoms with Crippen LogP contribution in [0.1, 0.15) is 84.9 Å². The Balaban J connectivity index is 2.00.